The number of aromatic nitrogens is 4. The number of fused-ring (bicyclic) bond motifs is 1. The summed E-state index contributed by atoms with van der Waals surface area (Å²) in [7, 11) is 1.61. The second-order valence-corrected chi connectivity index (χ2v) is 9.11. The number of hydrogen-bond donors (Lipinski definition) is 1. The van der Waals surface area contributed by atoms with Gasteiger partial charge in [-0.05, 0) is 24.5 Å². The predicted molar refractivity (Wildman–Crippen MR) is 124 cm³/mol. The van der Waals surface area contributed by atoms with E-state index in [1.165, 1.54) is 10.6 Å². The zero-order valence-electron chi connectivity index (χ0n) is 18.6. The minimum atomic E-state index is -0.478. The number of imidazole rings is 1. The van der Waals surface area contributed by atoms with Gasteiger partial charge in [0.25, 0.3) is 5.56 Å². The molecule has 0 saturated carbocycles. The van der Waals surface area contributed by atoms with Gasteiger partial charge in [-0.2, -0.15) is 4.98 Å². The minimum absolute atomic E-state index is 0.296. The van der Waals surface area contributed by atoms with Gasteiger partial charge in [0, 0.05) is 56.9 Å². The summed E-state index contributed by atoms with van der Waals surface area (Å²) in [5.74, 6) is 0.848. The fourth-order valence-electron chi connectivity index (χ4n) is 4.08. The number of piperazine rings is 1. The van der Waals surface area contributed by atoms with E-state index in [2.05, 4.69) is 28.6 Å². The van der Waals surface area contributed by atoms with E-state index in [0.717, 1.165) is 6.42 Å². The summed E-state index contributed by atoms with van der Waals surface area (Å²) in [6, 6.07) is 4.74. The van der Waals surface area contributed by atoms with Crippen LogP contribution in [0.2, 0.25) is 5.02 Å². The van der Waals surface area contributed by atoms with Crippen molar-refractivity contribution >= 4 is 28.7 Å². The van der Waals surface area contributed by atoms with Gasteiger partial charge in [0.1, 0.15) is 5.82 Å². The molecule has 0 radical (unpaired) electrons. The highest BCUT2D eigenvalue weighted by molar-refractivity contribution is 6.31. The molecule has 1 aliphatic heterocycles. The Hall–Kier alpha value is -2.65. The largest absolute Gasteiger partial charge is 0.340 e. The van der Waals surface area contributed by atoms with Crippen LogP contribution in [-0.4, -0.2) is 50.2 Å². The number of hydrogen-bond acceptors (Lipinski definition) is 5. The molecule has 3 aromatic rings. The molecule has 3 heterocycles. The Bertz CT molecular complexity index is 1220. The quantitative estimate of drug-likeness (QED) is 0.609. The van der Waals surface area contributed by atoms with E-state index in [4.69, 9.17) is 16.6 Å². The van der Waals surface area contributed by atoms with Crippen molar-refractivity contribution in [2.45, 2.75) is 33.4 Å². The Labute approximate surface area is 190 Å². The number of rotatable bonds is 6. The van der Waals surface area contributed by atoms with Gasteiger partial charge in [0.05, 0.1) is 0 Å². The van der Waals surface area contributed by atoms with Crippen LogP contribution < -0.4 is 16.1 Å². The lowest BCUT2D eigenvalue weighted by Crippen LogP contribution is -2.47. The van der Waals surface area contributed by atoms with E-state index >= 15 is 0 Å². The number of nitrogens with one attached hydrogen (secondary N) is 1. The molecule has 0 spiro atoms. The van der Waals surface area contributed by atoms with Crippen LogP contribution in [0.1, 0.15) is 25.8 Å². The summed E-state index contributed by atoms with van der Waals surface area (Å²) in [6.45, 7) is 8.08. The Morgan fingerprint density at radius 3 is 2.56 bits per heavy atom. The minimum Gasteiger partial charge on any atom is -0.340 e. The molecule has 0 unspecified atom stereocenters. The van der Waals surface area contributed by atoms with Crippen molar-refractivity contribution in [1.29, 1.82) is 0 Å². The summed E-state index contributed by atoms with van der Waals surface area (Å²) < 4.78 is 17.5. The average Bonchev–Trinajstić information content (AvgIpc) is 3.14. The molecule has 1 fully saturated rings. The van der Waals surface area contributed by atoms with Crippen molar-refractivity contribution in [1.82, 2.24) is 24.0 Å². The molecule has 1 aromatic carbocycles. The third-order valence-corrected chi connectivity index (χ3v) is 6.37. The Balaban J connectivity index is 1.60. The fraction of sp³-hybridized carbons (Fsp3) is 0.500. The predicted octanol–water partition coefficient (Wildman–Crippen LogP) is 2.58. The van der Waals surface area contributed by atoms with Gasteiger partial charge in [-0.1, -0.05) is 31.5 Å². The van der Waals surface area contributed by atoms with Crippen LogP contribution in [0.3, 0.4) is 0 Å². The van der Waals surface area contributed by atoms with Crippen molar-refractivity contribution in [3.63, 3.8) is 0 Å². The molecular weight excluding hydrogens is 435 g/mol. The van der Waals surface area contributed by atoms with Crippen LogP contribution in [0.5, 0.6) is 0 Å². The molecule has 0 aliphatic carbocycles. The number of aryl methyl sites for hydroxylation is 2. The first kappa shape index (κ1) is 22.5. The van der Waals surface area contributed by atoms with E-state index in [1.807, 2.05) is 4.57 Å². The number of anilines is 1. The number of benzene rings is 1. The van der Waals surface area contributed by atoms with E-state index in [9.17, 15) is 14.0 Å². The number of H-pyrrole nitrogens is 1. The molecule has 1 N–H and O–H groups in total. The van der Waals surface area contributed by atoms with Gasteiger partial charge in [-0.3, -0.25) is 19.2 Å². The SMILES string of the molecule is CC(C)CCn1c(N2CCN(Cc3c(F)cccc3Cl)CC2)nc2c1c(=O)[nH]c(=O)n2C. The smallest absolute Gasteiger partial charge is 0.329 e. The van der Waals surface area contributed by atoms with Crippen LogP contribution in [0.25, 0.3) is 11.2 Å². The molecule has 2 aromatic heterocycles. The van der Waals surface area contributed by atoms with Crippen LogP contribution in [0.15, 0.2) is 27.8 Å². The van der Waals surface area contributed by atoms with Gasteiger partial charge < -0.3 is 9.47 Å². The first-order valence-electron chi connectivity index (χ1n) is 10.9. The Morgan fingerprint density at radius 2 is 1.91 bits per heavy atom. The van der Waals surface area contributed by atoms with Crippen molar-refractivity contribution in [3.8, 4) is 0 Å². The molecule has 8 nitrogen and oxygen atoms in total. The standard InChI is InChI=1S/C22H28ClFN6O2/c1-14(2)7-8-30-18-19(27(3)22(32)26-20(18)31)25-21(30)29-11-9-28(10-12-29)13-15-16(23)5-4-6-17(15)24/h4-6,14H,7-13H2,1-3H3,(H,26,31,32). The molecule has 4 rings (SSSR count). The third-order valence-electron chi connectivity index (χ3n) is 6.02. The topological polar surface area (TPSA) is 79.2 Å². The lowest BCUT2D eigenvalue weighted by Gasteiger charge is -2.35. The number of aromatic amines is 1. The lowest BCUT2D eigenvalue weighted by molar-refractivity contribution is 0.245. The van der Waals surface area contributed by atoms with Crippen LogP contribution >= 0.6 is 11.6 Å². The fourth-order valence-corrected chi connectivity index (χ4v) is 4.30. The highest BCUT2D eigenvalue weighted by atomic mass is 35.5. The summed E-state index contributed by atoms with van der Waals surface area (Å²) in [6.07, 6.45) is 0.881. The summed E-state index contributed by atoms with van der Waals surface area (Å²) in [5.41, 5.74) is 0.419. The molecule has 1 aliphatic rings. The van der Waals surface area contributed by atoms with Gasteiger partial charge in [0.15, 0.2) is 11.2 Å². The maximum absolute atomic E-state index is 14.2. The van der Waals surface area contributed by atoms with Crippen LogP contribution in [0.4, 0.5) is 10.3 Å². The highest BCUT2D eigenvalue weighted by Gasteiger charge is 2.25. The first-order valence-corrected chi connectivity index (χ1v) is 11.2. The summed E-state index contributed by atoms with van der Waals surface area (Å²) >= 11 is 6.19. The van der Waals surface area contributed by atoms with Gasteiger partial charge >= 0.3 is 5.69 Å². The molecule has 0 atom stereocenters. The average molecular weight is 463 g/mol. The Morgan fingerprint density at radius 1 is 1.19 bits per heavy atom. The van der Waals surface area contributed by atoms with E-state index in [1.54, 1.807) is 19.2 Å². The first-order chi connectivity index (χ1) is 15.3. The molecule has 172 valence electrons. The highest BCUT2D eigenvalue weighted by Crippen LogP contribution is 2.24. The van der Waals surface area contributed by atoms with Crippen molar-refractivity contribution in [2.24, 2.45) is 13.0 Å². The second-order valence-electron chi connectivity index (χ2n) is 8.70. The normalized spacial score (nSPS) is 15.2. The lowest BCUT2D eigenvalue weighted by atomic mass is 10.1. The van der Waals surface area contributed by atoms with Gasteiger partial charge in [-0.25, -0.2) is 9.18 Å². The van der Waals surface area contributed by atoms with E-state index < -0.39 is 11.2 Å². The zero-order valence-corrected chi connectivity index (χ0v) is 19.3. The van der Waals surface area contributed by atoms with E-state index in [-0.39, 0.29) is 5.82 Å². The zero-order chi connectivity index (χ0) is 23.0. The number of nitrogens with zero attached hydrogens (tertiary/aromatic N) is 5. The molecular formula is C22H28ClFN6O2. The van der Waals surface area contributed by atoms with Crippen molar-refractivity contribution < 1.29 is 4.39 Å². The maximum Gasteiger partial charge on any atom is 0.329 e. The second kappa shape index (κ2) is 9.07. The number of halogens is 2. The molecule has 0 bridgehead atoms. The summed E-state index contributed by atoms with van der Waals surface area (Å²) in [5, 5.41) is 0.433. The molecule has 0 amide bonds. The molecule has 32 heavy (non-hydrogen) atoms. The monoisotopic (exact) mass is 462 g/mol. The van der Waals surface area contributed by atoms with E-state index in [0.29, 0.717) is 72.9 Å². The van der Waals surface area contributed by atoms with Crippen LogP contribution in [0, 0.1) is 11.7 Å². The van der Waals surface area contributed by atoms with Gasteiger partial charge in [0.2, 0.25) is 5.95 Å². The molecule has 1 saturated heterocycles. The third kappa shape index (κ3) is 4.31. The van der Waals surface area contributed by atoms with Gasteiger partial charge in [-0.15, -0.1) is 0 Å². The maximum atomic E-state index is 14.2. The Kier molecular flexibility index (Phi) is 6.39. The molecule has 10 heteroatoms. The van der Waals surface area contributed by atoms with Crippen molar-refractivity contribution in [2.75, 3.05) is 31.1 Å². The van der Waals surface area contributed by atoms with Crippen molar-refractivity contribution in [3.05, 3.63) is 55.4 Å². The van der Waals surface area contributed by atoms with Crippen LogP contribution in [-0.2, 0) is 20.1 Å². The summed E-state index contributed by atoms with van der Waals surface area (Å²) in [4.78, 5) is 36.1.